The number of hydrogen-bond acceptors (Lipinski definition) is 4. The molecular weight excluding hydrogens is 326 g/mol. The molecule has 1 saturated carbocycles. The van der Waals surface area contributed by atoms with Crippen molar-refractivity contribution in [1.29, 1.82) is 0 Å². The molecule has 0 radical (unpaired) electrons. The molecule has 3 aliphatic rings. The van der Waals surface area contributed by atoms with E-state index in [1.807, 2.05) is 13.8 Å². The van der Waals surface area contributed by atoms with E-state index in [0.717, 1.165) is 58.5 Å². The first-order valence-corrected chi connectivity index (χ1v) is 10.6. The van der Waals surface area contributed by atoms with Crippen molar-refractivity contribution in [3.63, 3.8) is 0 Å². The van der Waals surface area contributed by atoms with Crippen molar-refractivity contribution in [3.8, 4) is 0 Å². The van der Waals surface area contributed by atoms with Crippen LogP contribution in [-0.4, -0.2) is 77.7 Å². The Hall–Kier alpha value is -0.940. The van der Waals surface area contributed by atoms with Crippen molar-refractivity contribution < 1.29 is 9.59 Å². The number of ketones is 1. The number of rotatable bonds is 7. The molecule has 3 fully saturated rings. The fourth-order valence-corrected chi connectivity index (χ4v) is 5.01. The van der Waals surface area contributed by atoms with Gasteiger partial charge in [-0.25, -0.2) is 0 Å². The van der Waals surface area contributed by atoms with Gasteiger partial charge in [-0.2, -0.15) is 0 Å². The number of nitrogens with zero attached hydrogens (tertiary/aromatic N) is 3. The molecule has 0 aromatic heterocycles. The van der Waals surface area contributed by atoms with Crippen molar-refractivity contribution in [3.05, 3.63) is 0 Å². The predicted molar refractivity (Wildman–Crippen MR) is 104 cm³/mol. The van der Waals surface area contributed by atoms with E-state index in [4.69, 9.17) is 0 Å². The zero-order valence-electron chi connectivity index (χ0n) is 17.1. The Balaban J connectivity index is 1.39. The van der Waals surface area contributed by atoms with Gasteiger partial charge in [0.25, 0.3) is 0 Å². The second kappa shape index (κ2) is 8.39. The van der Waals surface area contributed by atoms with Gasteiger partial charge in [0.1, 0.15) is 5.78 Å². The summed E-state index contributed by atoms with van der Waals surface area (Å²) in [4.78, 5) is 31.8. The third-order valence-corrected chi connectivity index (χ3v) is 6.90. The highest BCUT2D eigenvalue weighted by Crippen LogP contribution is 2.44. The van der Waals surface area contributed by atoms with Crippen LogP contribution in [0.5, 0.6) is 0 Å². The average Bonchev–Trinajstić information content (AvgIpc) is 3.20. The largest absolute Gasteiger partial charge is 0.339 e. The number of piperazine rings is 1. The number of amides is 1. The van der Waals surface area contributed by atoms with Gasteiger partial charge in [0.15, 0.2) is 0 Å². The molecule has 2 saturated heterocycles. The summed E-state index contributed by atoms with van der Waals surface area (Å²) in [5, 5.41) is 0. The monoisotopic (exact) mass is 363 g/mol. The molecular formula is C21H37N3O2. The molecule has 148 valence electrons. The van der Waals surface area contributed by atoms with Crippen LogP contribution in [0.3, 0.4) is 0 Å². The normalized spacial score (nSPS) is 29.9. The van der Waals surface area contributed by atoms with E-state index in [1.165, 1.54) is 0 Å². The number of piperidine rings is 1. The summed E-state index contributed by atoms with van der Waals surface area (Å²) in [6, 6.07) is 1.02. The van der Waals surface area contributed by atoms with E-state index in [-0.39, 0.29) is 5.92 Å². The lowest BCUT2D eigenvalue weighted by atomic mass is 9.87. The van der Waals surface area contributed by atoms with Gasteiger partial charge in [-0.1, -0.05) is 13.8 Å². The smallest absolute Gasteiger partial charge is 0.224 e. The fourth-order valence-electron chi connectivity index (χ4n) is 5.01. The molecule has 5 nitrogen and oxygen atoms in total. The van der Waals surface area contributed by atoms with Crippen LogP contribution in [0.2, 0.25) is 0 Å². The molecule has 3 unspecified atom stereocenters. The van der Waals surface area contributed by atoms with Crippen molar-refractivity contribution in [2.45, 2.75) is 65.5 Å². The lowest BCUT2D eigenvalue weighted by molar-refractivity contribution is -0.133. The van der Waals surface area contributed by atoms with Crippen LogP contribution in [0, 0.1) is 17.8 Å². The second-order valence-electron chi connectivity index (χ2n) is 9.24. The summed E-state index contributed by atoms with van der Waals surface area (Å²) < 4.78 is 0. The fraction of sp³-hybridized carbons (Fsp3) is 0.905. The van der Waals surface area contributed by atoms with E-state index >= 15 is 0 Å². The minimum atomic E-state index is 0.142. The SMILES string of the molecule is CC(C)C(=O)CC1CC2CC1CN2C(=O)CCN1CCN(C(C)C)CC1. The molecule has 2 bridgehead atoms. The first-order chi connectivity index (χ1) is 12.3. The third kappa shape index (κ3) is 4.48. The minimum absolute atomic E-state index is 0.142. The number of Topliss-reactive ketones (excluding diaryl/α,β-unsaturated/α-hetero) is 1. The van der Waals surface area contributed by atoms with Gasteiger partial charge < -0.3 is 9.80 Å². The topological polar surface area (TPSA) is 43.9 Å². The standard InChI is InChI=1S/C21H37N3O2/c1-15(2)20(25)13-17-11-19-12-18(17)14-24(19)21(26)5-6-22-7-9-23(10-8-22)16(3)4/h15-19H,5-14H2,1-4H3. The summed E-state index contributed by atoms with van der Waals surface area (Å²) in [5.74, 6) is 1.94. The van der Waals surface area contributed by atoms with Crippen molar-refractivity contribution >= 4 is 11.7 Å². The Morgan fingerprint density at radius 3 is 2.23 bits per heavy atom. The van der Waals surface area contributed by atoms with Crippen molar-refractivity contribution in [1.82, 2.24) is 14.7 Å². The van der Waals surface area contributed by atoms with Crippen LogP contribution < -0.4 is 0 Å². The highest BCUT2D eigenvalue weighted by molar-refractivity contribution is 5.81. The van der Waals surface area contributed by atoms with Crippen LogP contribution in [0.15, 0.2) is 0 Å². The highest BCUT2D eigenvalue weighted by Gasteiger charge is 2.46. The van der Waals surface area contributed by atoms with E-state index in [1.54, 1.807) is 0 Å². The van der Waals surface area contributed by atoms with Gasteiger partial charge in [-0.05, 0) is 38.5 Å². The van der Waals surface area contributed by atoms with E-state index < -0.39 is 0 Å². The van der Waals surface area contributed by atoms with Gasteiger partial charge in [0.05, 0.1) is 0 Å². The van der Waals surface area contributed by atoms with Gasteiger partial charge >= 0.3 is 0 Å². The Morgan fingerprint density at radius 1 is 1.00 bits per heavy atom. The number of carbonyl (C=O) groups excluding carboxylic acids is 2. The number of carbonyl (C=O) groups is 2. The van der Waals surface area contributed by atoms with Gasteiger partial charge in [0, 0.05) is 70.1 Å². The zero-order chi connectivity index (χ0) is 18.8. The molecule has 0 N–H and O–H groups in total. The van der Waals surface area contributed by atoms with Gasteiger partial charge in [-0.3, -0.25) is 14.5 Å². The predicted octanol–water partition coefficient (Wildman–Crippen LogP) is 2.25. The number of fused-ring (bicyclic) bond motifs is 2. The van der Waals surface area contributed by atoms with E-state index in [0.29, 0.717) is 42.0 Å². The molecule has 1 amide bonds. The third-order valence-electron chi connectivity index (χ3n) is 6.90. The number of hydrogen-bond donors (Lipinski definition) is 0. The Labute approximate surface area is 159 Å². The zero-order valence-corrected chi connectivity index (χ0v) is 17.1. The van der Waals surface area contributed by atoms with E-state index in [2.05, 4.69) is 28.5 Å². The maximum absolute atomic E-state index is 12.7. The van der Waals surface area contributed by atoms with Gasteiger partial charge in [-0.15, -0.1) is 0 Å². The Bertz CT molecular complexity index is 511. The molecule has 0 aromatic rings. The molecule has 1 aliphatic carbocycles. The van der Waals surface area contributed by atoms with Crippen molar-refractivity contribution in [2.24, 2.45) is 17.8 Å². The molecule has 2 heterocycles. The average molecular weight is 364 g/mol. The van der Waals surface area contributed by atoms with Crippen molar-refractivity contribution in [2.75, 3.05) is 39.3 Å². The molecule has 0 aromatic carbocycles. The molecule has 2 aliphatic heterocycles. The van der Waals surface area contributed by atoms with Gasteiger partial charge in [0.2, 0.25) is 5.91 Å². The highest BCUT2D eigenvalue weighted by atomic mass is 16.2. The molecule has 26 heavy (non-hydrogen) atoms. The first kappa shape index (κ1) is 19.8. The van der Waals surface area contributed by atoms with E-state index in [9.17, 15) is 9.59 Å². The van der Waals surface area contributed by atoms with Crippen LogP contribution in [0.1, 0.15) is 53.4 Å². The van der Waals surface area contributed by atoms with Crippen LogP contribution in [0.25, 0.3) is 0 Å². The Kier molecular flexibility index (Phi) is 6.39. The summed E-state index contributed by atoms with van der Waals surface area (Å²) in [7, 11) is 0. The minimum Gasteiger partial charge on any atom is -0.339 e. The lowest BCUT2D eigenvalue weighted by Crippen LogP contribution is -2.49. The summed E-state index contributed by atoms with van der Waals surface area (Å²) >= 11 is 0. The number of likely N-dealkylation sites (tertiary alicyclic amines) is 1. The first-order valence-electron chi connectivity index (χ1n) is 10.6. The molecule has 3 rings (SSSR count). The summed E-state index contributed by atoms with van der Waals surface area (Å²) in [6.45, 7) is 14.7. The Morgan fingerprint density at radius 2 is 1.69 bits per heavy atom. The van der Waals surface area contributed by atoms with Crippen LogP contribution >= 0.6 is 0 Å². The molecule has 5 heteroatoms. The maximum Gasteiger partial charge on any atom is 0.224 e. The molecule has 0 spiro atoms. The quantitative estimate of drug-likeness (QED) is 0.696. The second-order valence-corrected chi connectivity index (χ2v) is 9.24. The summed E-state index contributed by atoms with van der Waals surface area (Å²) in [6.07, 6.45) is 3.54. The maximum atomic E-state index is 12.7. The van der Waals surface area contributed by atoms with Crippen LogP contribution in [-0.2, 0) is 9.59 Å². The van der Waals surface area contributed by atoms with Crippen LogP contribution in [0.4, 0.5) is 0 Å². The lowest BCUT2D eigenvalue weighted by Gasteiger charge is -2.37. The summed E-state index contributed by atoms with van der Waals surface area (Å²) in [5.41, 5.74) is 0. The molecule has 3 atom stereocenters.